The molecule has 1 aliphatic rings. The molecule has 0 aromatic heterocycles. The van der Waals surface area contributed by atoms with Gasteiger partial charge in [-0.1, -0.05) is 19.8 Å². The second-order valence-corrected chi connectivity index (χ2v) is 5.74. The number of carbonyl (C=O) groups is 2. The third-order valence-corrected chi connectivity index (χ3v) is 4.02. The van der Waals surface area contributed by atoms with E-state index in [-0.39, 0.29) is 29.9 Å². The number of hydrogen-bond acceptors (Lipinski definition) is 3. The molecule has 4 atom stereocenters. The first-order valence-corrected chi connectivity index (χ1v) is 7.43. The molecule has 0 saturated heterocycles. The lowest BCUT2D eigenvalue weighted by molar-refractivity contribution is -0.141. The largest absolute Gasteiger partial charge is 0.481 e. The normalized spacial score (nSPS) is 26.1. The lowest BCUT2D eigenvalue weighted by Crippen LogP contribution is -2.42. The third-order valence-electron chi connectivity index (χ3n) is 4.02. The Hall–Kier alpha value is -1.79. The number of hydrogen-bond donors (Lipinski definition) is 4. The number of nitrogens with one attached hydrogen (secondary N) is 1. The van der Waals surface area contributed by atoms with E-state index in [1.165, 1.54) is 6.92 Å². The van der Waals surface area contributed by atoms with Gasteiger partial charge in [0.2, 0.25) is 5.91 Å². The summed E-state index contributed by atoms with van der Waals surface area (Å²) in [5.74, 6) is -1.47. The van der Waals surface area contributed by atoms with Crippen molar-refractivity contribution in [3.63, 3.8) is 0 Å². The van der Waals surface area contributed by atoms with Gasteiger partial charge in [0.25, 0.3) is 0 Å². The van der Waals surface area contributed by atoms with Crippen LogP contribution in [0, 0.1) is 11.8 Å². The van der Waals surface area contributed by atoms with E-state index in [4.69, 9.17) is 11.5 Å². The van der Waals surface area contributed by atoms with Crippen LogP contribution < -0.4 is 16.8 Å². The van der Waals surface area contributed by atoms with Crippen LogP contribution in [0.2, 0.25) is 0 Å². The molecule has 0 radical (unpaired) electrons. The molecule has 21 heavy (non-hydrogen) atoms. The van der Waals surface area contributed by atoms with Crippen LogP contribution in [0.1, 0.15) is 46.0 Å². The maximum absolute atomic E-state index is 11.4. The van der Waals surface area contributed by atoms with E-state index >= 15 is 0 Å². The number of guanidine groups is 1. The van der Waals surface area contributed by atoms with Gasteiger partial charge in [-0.15, -0.1) is 0 Å². The van der Waals surface area contributed by atoms with Gasteiger partial charge in [-0.05, 0) is 19.3 Å². The molecule has 1 amide bonds. The summed E-state index contributed by atoms with van der Waals surface area (Å²) in [7, 11) is 0. The fourth-order valence-corrected chi connectivity index (χ4v) is 3.10. The Morgan fingerprint density at radius 3 is 2.52 bits per heavy atom. The molecule has 1 aliphatic carbocycles. The smallest absolute Gasteiger partial charge is 0.306 e. The summed E-state index contributed by atoms with van der Waals surface area (Å²) in [6.07, 6.45) is 3.70. The first-order chi connectivity index (χ1) is 9.85. The summed E-state index contributed by atoms with van der Waals surface area (Å²) in [6, 6.07) is -0.329. The minimum absolute atomic E-state index is 0.0342. The van der Waals surface area contributed by atoms with Gasteiger partial charge in [0, 0.05) is 18.9 Å². The van der Waals surface area contributed by atoms with E-state index in [1.54, 1.807) is 0 Å². The van der Waals surface area contributed by atoms with Crippen molar-refractivity contribution in [2.45, 2.75) is 58.0 Å². The van der Waals surface area contributed by atoms with Crippen LogP contribution in [-0.4, -0.2) is 35.0 Å². The lowest BCUT2D eigenvalue weighted by Gasteiger charge is -2.27. The van der Waals surface area contributed by atoms with E-state index in [0.29, 0.717) is 12.8 Å². The fraction of sp³-hybridized carbons (Fsp3) is 0.786. The van der Waals surface area contributed by atoms with E-state index in [9.17, 15) is 14.7 Å². The highest BCUT2D eigenvalue weighted by Gasteiger charge is 2.42. The predicted octanol–water partition coefficient (Wildman–Crippen LogP) is 0.434. The Labute approximate surface area is 125 Å². The molecule has 0 spiro atoms. The van der Waals surface area contributed by atoms with Crippen molar-refractivity contribution in [3.8, 4) is 0 Å². The Balaban J connectivity index is 2.91. The SMILES string of the molecule is CCCC[C@@H](NC(C)=O)[C@@H]1CC(C(=O)O)C[C@H]1N=C(N)N. The van der Waals surface area contributed by atoms with Crippen LogP contribution in [0.15, 0.2) is 4.99 Å². The zero-order valence-electron chi connectivity index (χ0n) is 12.7. The zero-order chi connectivity index (χ0) is 16.0. The van der Waals surface area contributed by atoms with Crippen LogP contribution in [0.5, 0.6) is 0 Å². The molecule has 1 fully saturated rings. The quantitative estimate of drug-likeness (QED) is 0.400. The van der Waals surface area contributed by atoms with Gasteiger partial charge in [0.05, 0.1) is 12.0 Å². The molecule has 7 heteroatoms. The second kappa shape index (κ2) is 7.85. The monoisotopic (exact) mass is 298 g/mol. The van der Waals surface area contributed by atoms with Gasteiger partial charge in [-0.25, -0.2) is 4.99 Å². The number of rotatable bonds is 7. The molecule has 0 heterocycles. The Morgan fingerprint density at radius 2 is 2.05 bits per heavy atom. The summed E-state index contributed by atoms with van der Waals surface area (Å²) >= 11 is 0. The number of carboxylic acids is 1. The fourth-order valence-electron chi connectivity index (χ4n) is 3.10. The van der Waals surface area contributed by atoms with Crippen molar-refractivity contribution >= 4 is 17.8 Å². The summed E-state index contributed by atoms with van der Waals surface area (Å²) in [6.45, 7) is 3.55. The molecule has 1 saturated carbocycles. The predicted molar refractivity (Wildman–Crippen MR) is 80.6 cm³/mol. The molecule has 1 rings (SSSR count). The minimum atomic E-state index is -0.828. The van der Waals surface area contributed by atoms with Crippen molar-refractivity contribution in [1.29, 1.82) is 0 Å². The number of carbonyl (C=O) groups excluding carboxylic acids is 1. The topological polar surface area (TPSA) is 131 Å². The number of nitrogens with zero attached hydrogens (tertiary/aromatic N) is 1. The molecular formula is C14H26N4O3. The Morgan fingerprint density at radius 1 is 1.38 bits per heavy atom. The Bertz CT molecular complexity index is 407. The summed E-state index contributed by atoms with van der Waals surface area (Å²) in [5, 5.41) is 12.2. The van der Waals surface area contributed by atoms with Crippen LogP contribution in [0.3, 0.4) is 0 Å². The van der Waals surface area contributed by atoms with Gasteiger partial charge in [0.1, 0.15) is 0 Å². The minimum Gasteiger partial charge on any atom is -0.481 e. The van der Waals surface area contributed by atoms with Gasteiger partial charge in [-0.3, -0.25) is 9.59 Å². The summed E-state index contributed by atoms with van der Waals surface area (Å²) in [5.41, 5.74) is 10.9. The summed E-state index contributed by atoms with van der Waals surface area (Å²) in [4.78, 5) is 26.8. The zero-order valence-corrected chi connectivity index (χ0v) is 12.7. The standard InChI is InChI=1S/C14H26N4O3/c1-3-4-5-11(17-8(2)19)10-6-9(13(20)21)7-12(10)18-14(15)16/h9-12H,3-7H2,1-2H3,(H,17,19)(H,20,21)(H4,15,16,18)/t9?,10-,11+,12+/m0/s1. The molecule has 0 bridgehead atoms. The number of amides is 1. The molecule has 0 aliphatic heterocycles. The van der Waals surface area contributed by atoms with Crippen molar-refractivity contribution in [2.24, 2.45) is 28.3 Å². The molecule has 6 N–H and O–H groups in total. The van der Waals surface area contributed by atoms with E-state index in [0.717, 1.165) is 19.3 Å². The van der Waals surface area contributed by atoms with Crippen molar-refractivity contribution < 1.29 is 14.7 Å². The van der Waals surface area contributed by atoms with Crippen LogP contribution in [0.25, 0.3) is 0 Å². The maximum Gasteiger partial charge on any atom is 0.306 e. The number of aliphatic carboxylic acids is 1. The van der Waals surface area contributed by atoms with Gasteiger partial charge in [-0.2, -0.15) is 0 Å². The molecule has 0 aromatic rings. The van der Waals surface area contributed by atoms with Crippen LogP contribution in [0.4, 0.5) is 0 Å². The van der Waals surface area contributed by atoms with Gasteiger partial charge < -0.3 is 21.9 Å². The first kappa shape index (κ1) is 17.3. The molecule has 1 unspecified atom stereocenters. The average molecular weight is 298 g/mol. The number of unbranched alkanes of at least 4 members (excludes halogenated alkanes) is 1. The molecular weight excluding hydrogens is 272 g/mol. The number of aliphatic imine (C=N–C) groups is 1. The second-order valence-electron chi connectivity index (χ2n) is 5.74. The van der Waals surface area contributed by atoms with E-state index < -0.39 is 11.9 Å². The Kier molecular flexibility index (Phi) is 6.45. The van der Waals surface area contributed by atoms with Crippen molar-refractivity contribution in [1.82, 2.24) is 5.32 Å². The number of nitrogens with two attached hydrogens (primary N) is 2. The third kappa shape index (κ3) is 5.24. The first-order valence-electron chi connectivity index (χ1n) is 7.43. The van der Waals surface area contributed by atoms with Crippen molar-refractivity contribution in [3.05, 3.63) is 0 Å². The van der Waals surface area contributed by atoms with Gasteiger partial charge in [0.15, 0.2) is 5.96 Å². The van der Waals surface area contributed by atoms with E-state index in [2.05, 4.69) is 17.2 Å². The highest BCUT2D eigenvalue weighted by molar-refractivity contribution is 5.76. The molecule has 120 valence electrons. The lowest BCUT2D eigenvalue weighted by atomic mass is 9.90. The molecule has 7 nitrogen and oxygen atoms in total. The number of carboxylic acid groups (broad SMARTS) is 1. The van der Waals surface area contributed by atoms with Crippen LogP contribution in [-0.2, 0) is 9.59 Å². The van der Waals surface area contributed by atoms with Crippen molar-refractivity contribution in [2.75, 3.05) is 0 Å². The summed E-state index contributed by atoms with van der Waals surface area (Å²) < 4.78 is 0. The maximum atomic E-state index is 11.4. The van der Waals surface area contributed by atoms with Gasteiger partial charge >= 0.3 is 5.97 Å². The highest BCUT2D eigenvalue weighted by atomic mass is 16.4. The molecule has 0 aromatic carbocycles. The average Bonchev–Trinajstić information content (AvgIpc) is 2.77. The highest BCUT2D eigenvalue weighted by Crippen LogP contribution is 2.37. The van der Waals surface area contributed by atoms with Crippen LogP contribution >= 0.6 is 0 Å². The van der Waals surface area contributed by atoms with E-state index in [1.807, 2.05) is 0 Å².